The molecule has 4 aliphatic carbocycles. The molecule has 5 rings (SSSR count). The van der Waals surface area contributed by atoms with E-state index in [4.69, 9.17) is 18.8 Å². The average molecular weight is 398 g/mol. The summed E-state index contributed by atoms with van der Waals surface area (Å²) in [6, 6.07) is 0. The van der Waals surface area contributed by atoms with Gasteiger partial charge in [-0.25, -0.2) is 4.79 Å². The number of aliphatic hydroxyl groups is 1. The first-order valence-corrected chi connectivity index (χ1v) is 9.96. The van der Waals surface area contributed by atoms with Gasteiger partial charge in [0.25, 0.3) is 0 Å². The SMILES string of the molecule is O=C(OC12CC3CC(C1)C1(OCC(CO)O1)C(C3)C2)C(F)(F)S(=O)(=O)O. The average Bonchev–Trinajstić information content (AvgIpc) is 2.96. The highest BCUT2D eigenvalue weighted by molar-refractivity contribution is 7.87. The largest absolute Gasteiger partial charge is 0.465 e. The molecule has 1 saturated heterocycles. The van der Waals surface area contributed by atoms with Crippen molar-refractivity contribution in [1.82, 2.24) is 0 Å². The normalized spacial score (nSPS) is 44.6. The molecule has 0 radical (unpaired) electrons. The number of esters is 1. The summed E-state index contributed by atoms with van der Waals surface area (Å²) in [6.07, 6.45) is 1.80. The topological polar surface area (TPSA) is 119 Å². The Hall–Kier alpha value is -0.880. The lowest BCUT2D eigenvalue weighted by Gasteiger charge is -2.62. The third-order valence-corrected chi connectivity index (χ3v) is 7.01. The molecular weight excluding hydrogens is 378 g/mol. The minimum atomic E-state index is -5.90. The van der Waals surface area contributed by atoms with Crippen LogP contribution in [0, 0.1) is 17.8 Å². The molecule has 5 aliphatic rings. The molecule has 0 aromatic rings. The zero-order chi connectivity index (χ0) is 19.0. The standard InChI is InChI=1S/C15H20F2O8S/c16-15(17,26(20,21)22)12(19)25-13-3-8-1-9(4-13)14(10(2-8)5-13)23-7-11(6-18)24-14/h8-11,18H,1-7H2,(H,20,21,22). The summed E-state index contributed by atoms with van der Waals surface area (Å²) in [5, 5.41) is 4.30. The van der Waals surface area contributed by atoms with Gasteiger partial charge in [0, 0.05) is 11.8 Å². The van der Waals surface area contributed by atoms with Crippen molar-refractivity contribution in [3.05, 3.63) is 0 Å². The van der Waals surface area contributed by atoms with Crippen LogP contribution in [0.4, 0.5) is 8.78 Å². The van der Waals surface area contributed by atoms with E-state index >= 15 is 0 Å². The minimum Gasteiger partial charge on any atom is -0.454 e. The van der Waals surface area contributed by atoms with Crippen LogP contribution < -0.4 is 0 Å². The summed E-state index contributed by atoms with van der Waals surface area (Å²) in [5.74, 6) is -3.43. The number of hydrogen-bond acceptors (Lipinski definition) is 7. The molecule has 4 bridgehead atoms. The van der Waals surface area contributed by atoms with Crippen molar-refractivity contribution in [2.45, 2.75) is 54.9 Å². The third kappa shape index (κ3) is 2.51. The second kappa shape index (κ2) is 5.57. The zero-order valence-electron chi connectivity index (χ0n) is 13.8. The minimum absolute atomic E-state index is 0.130. The van der Waals surface area contributed by atoms with E-state index in [1.54, 1.807) is 0 Å². The van der Waals surface area contributed by atoms with Crippen LogP contribution in [0.3, 0.4) is 0 Å². The van der Waals surface area contributed by atoms with Gasteiger partial charge in [-0.2, -0.15) is 17.2 Å². The van der Waals surface area contributed by atoms with Gasteiger partial charge >= 0.3 is 21.3 Å². The van der Waals surface area contributed by atoms with Crippen molar-refractivity contribution in [2.24, 2.45) is 17.8 Å². The third-order valence-electron chi connectivity index (χ3n) is 6.19. The highest BCUT2D eigenvalue weighted by atomic mass is 32.2. The lowest BCUT2D eigenvalue weighted by molar-refractivity contribution is -0.321. The van der Waals surface area contributed by atoms with Gasteiger partial charge in [0.2, 0.25) is 0 Å². The number of ether oxygens (including phenoxy) is 3. The summed E-state index contributed by atoms with van der Waals surface area (Å²) in [5.41, 5.74) is -1.21. The molecule has 1 heterocycles. The van der Waals surface area contributed by atoms with Crippen LogP contribution in [0.25, 0.3) is 0 Å². The Morgan fingerprint density at radius 2 is 1.85 bits per heavy atom. The zero-order valence-corrected chi connectivity index (χ0v) is 14.6. The van der Waals surface area contributed by atoms with Gasteiger partial charge in [-0.15, -0.1) is 0 Å². The number of halogens is 2. The molecule has 4 saturated carbocycles. The number of carbonyl (C=O) groups is 1. The molecular formula is C15H20F2O8S. The molecule has 1 spiro atoms. The maximum absolute atomic E-state index is 13.6. The van der Waals surface area contributed by atoms with E-state index in [1.165, 1.54) is 0 Å². The molecule has 1 aliphatic heterocycles. The Morgan fingerprint density at radius 3 is 2.35 bits per heavy atom. The van der Waals surface area contributed by atoms with Crippen molar-refractivity contribution in [2.75, 3.05) is 13.2 Å². The van der Waals surface area contributed by atoms with Gasteiger partial charge in [-0.1, -0.05) is 0 Å². The number of hydrogen-bond donors (Lipinski definition) is 2. The molecule has 3 atom stereocenters. The summed E-state index contributed by atoms with van der Waals surface area (Å²) in [4.78, 5) is 11.8. The number of aliphatic hydroxyl groups excluding tert-OH is 1. The Balaban J connectivity index is 1.57. The van der Waals surface area contributed by atoms with Crippen molar-refractivity contribution in [3.63, 3.8) is 0 Å². The van der Waals surface area contributed by atoms with Crippen LogP contribution in [0.5, 0.6) is 0 Å². The molecule has 148 valence electrons. The lowest BCUT2D eigenvalue weighted by Crippen LogP contribution is -2.65. The monoisotopic (exact) mass is 398 g/mol. The van der Waals surface area contributed by atoms with Crippen LogP contribution in [0.1, 0.15) is 32.1 Å². The Bertz CT molecular complexity index is 707. The first kappa shape index (κ1) is 18.5. The van der Waals surface area contributed by atoms with Gasteiger partial charge in [0.05, 0.1) is 13.2 Å². The maximum atomic E-state index is 13.6. The van der Waals surface area contributed by atoms with E-state index in [0.29, 0.717) is 6.42 Å². The second-order valence-corrected chi connectivity index (χ2v) is 9.33. The van der Waals surface area contributed by atoms with Gasteiger partial charge in [0.1, 0.15) is 11.7 Å². The number of rotatable bonds is 4. The van der Waals surface area contributed by atoms with Gasteiger partial charge in [-0.3, -0.25) is 4.55 Å². The molecule has 26 heavy (non-hydrogen) atoms. The van der Waals surface area contributed by atoms with Crippen molar-refractivity contribution < 1.29 is 45.9 Å². The second-order valence-electron chi connectivity index (χ2n) is 7.86. The van der Waals surface area contributed by atoms with Crippen molar-refractivity contribution >= 4 is 16.1 Å². The Morgan fingerprint density at radius 1 is 1.23 bits per heavy atom. The predicted octanol–water partition coefficient (Wildman–Crippen LogP) is 0.693. The van der Waals surface area contributed by atoms with Crippen LogP contribution in [-0.4, -0.2) is 60.0 Å². The molecule has 0 amide bonds. The molecule has 3 unspecified atom stereocenters. The fourth-order valence-electron chi connectivity index (χ4n) is 5.41. The van der Waals surface area contributed by atoms with Crippen LogP contribution in [-0.2, 0) is 29.1 Å². The quantitative estimate of drug-likeness (QED) is 0.525. The fourth-order valence-corrected chi connectivity index (χ4v) is 5.66. The lowest BCUT2D eigenvalue weighted by atomic mass is 9.51. The van der Waals surface area contributed by atoms with Crippen molar-refractivity contribution in [1.29, 1.82) is 0 Å². The number of alkyl halides is 2. The van der Waals surface area contributed by atoms with E-state index in [1.807, 2.05) is 0 Å². The van der Waals surface area contributed by atoms with Gasteiger partial charge in [-0.05, 0) is 38.0 Å². The maximum Gasteiger partial charge on any atom is 0.465 e. The van der Waals surface area contributed by atoms with E-state index in [0.717, 1.165) is 12.8 Å². The highest BCUT2D eigenvalue weighted by Crippen LogP contribution is 2.64. The summed E-state index contributed by atoms with van der Waals surface area (Å²) in [7, 11) is -5.90. The van der Waals surface area contributed by atoms with Crippen LogP contribution >= 0.6 is 0 Å². The summed E-state index contributed by atoms with van der Waals surface area (Å²) < 4.78 is 74.3. The van der Waals surface area contributed by atoms with Crippen LogP contribution in [0.2, 0.25) is 0 Å². The molecule has 5 fully saturated rings. The summed E-state index contributed by atoms with van der Waals surface area (Å²) in [6.45, 7) is 0.0487. The van der Waals surface area contributed by atoms with E-state index in [-0.39, 0.29) is 43.8 Å². The molecule has 11 heteroatoms. The van der Waals surface area contributed by atoms with Gasteiger partial charge < -0.3 is 19.3 Å². The van der Waals surface area contributed by atoms with E-state index in [2.05, 4.69) is 0 Å². The predicted molar refractivity (Wildman–Crippen MR) is 79.5 cm³/mol. The fraction of sp³-hybridized carbons (Fsp3) is 0.933. The van der Waals surface area contributed by atoms with E-state index < -0.39 is 38.8 Å². The molecule has 2 N–H and O–H groups in total. The van der Waals surface area contributed by atoms with Crippen LogP contribution in [0.15, 0.2) is 0 Å². The Labute approximate surface area is 148 Å². The first-order chi connectivity index (χ1) is 12.0. The van der Waals surface area contributed by atoms with E-state index in [9.17, 15) is 27.1 Å². The smallest absolute Gasteiger partial charge is 0.454 e. The summed E-state index contributed by atoms with van der Waals surface area (Å²) >= 11 is 0. The first-order valence-electron chi connectivity index (χ1n) is 8.52. The molecule has 8 nitrogen and oxygen atoms in total. The highest BCUT2D eigenvalue weighted by Gasteiger charge is 2.68. The van der Waals surface area contributed by atoms with Crippen molar-refractivity contribution in [3.8, 4) is 0 Å². The molecule has 0 aromatic carbocycles. The van der Waals surface area contributed by atoms with Gasteiger partial charge in [0.15, 0.2) is 5.79 Å². The Kier molecular flexibility index (Phi) is 3.96. The molecule has 0 aromatic heterocycles. The number of carbonyl (C=O) groups excluding carboxylic acids is 1.